The summed E-state index contributed by atoms with van der Waals surface area (Å²) in [4.78, 5) is 6.48. The Hall–Kier alpha value is -1.13. The van der Waals surface area contributed by atoms with Gasteiger partial charge in [0.1, 0.15) is 5.82 Å². The van der Waals surface area contributed by atoms with Crippen molar-refractivity contribution in [2.75, 3.05) is 51.4 Å². The Morgan fingerprint density at radius 2 is 2.10 bits per heavy atom. The van der Waals surface area contributed by atoms with Crippen molar-refractivity contribution in [1.29, 1.82) is 0 Å². The lowest BCUT2D eigenvalue weighted by Gasteiger charge is -2.35. The summed E-state index contributed by atoms with van der Waals surface area (Å²) in [5.74, 6) is 0.649. The van der Waals surface area contributed by atoms with Crippen molar-refractivity contribution in [3.63, 3.8) is 0 Å². The molecule has 1 atom stereocenters. The van der Waals surface area contributed by atoms with Crippen LogP contribution < -0.4 is 15.5 Å². The lowest BCUT2D eigenvalue weighted by molar-refractivity contribution is -0.0320. The van der Waals surface area contributed by atoms with Gasteiger partial charge in [-0.25, -0.2) is 4.39 Å². The minimum Gasteiger partial charge on any atom is -0.381 e. The van der Waals surface area contributed by atoms with Crippen LogP contribution in [0.1, 0.15) is 37.7 Å². The molecule has 170 valence electrons. The molecule has 8 heteroatoms. The van der Waals surface area contributed by atoms with E-state index in [-0.39, 0.29) is 35.8 Å². The summed E-state index contributed by atoms with van der Waals surface area (Å²) < 4.78 is 25.5. The van der Waals surface area contributed by atoms with E-state index in [0.29, 0.717) is 11.8 Å². The lowest BCUT2D eigenvalue weighted by Crippen LogP contribution is -2.51. The molecule has 2 heterocycles. The molecule has 1 unspecified atom stereocenters. The average molecular weight is 534 g/mol. The number of aliphatic imine (C=N–C) groups is 1. The van der Waals surface area contributed by atoms with E-state index in [1.165, 1.54) is 0 Å². The number of benzene rings is 1. The highest BCUT2D eigenvalue weighted by atomic mass is 127. The Labute approximate surface area is 197 Å². The van der Waals surface area contributed by atoms with Crippen LogP contribution in [0.4, 0.5) is 10.1 Å². The fourth-order valence-electron chi connectivity index (χ4n) is 3.94. The first kappa shape index (κ1) is 25.1. The van der Waals surface area contributed by atoms with E-state index in [1.54, 1.807) is 13.1 Å². The number of anilines is 1. The number of hydrogen-bond acceptors (Lipinski definition) is 4. The number of aryl methyl sites for hydroxylation is 1. The van der Waals surface area contributed by atoms with Crippen molar-refractivity contribution < 1.29 is 13.9 Å². The molecule has 30 heavy (non-hydrogen) atoms. The van der Waals surface area contributed by atoms with Crippen LogP contribution in [0.5, 0.6) is 0 Å². The van der Waals surface area contributed by atoms with Crippen molar-refractivity contribution in [2.45, 2.75) is 51.2 Å². The minimum absolute atomic E-state index is 0. The maximum absolute atomic E-state index is 14.3. The molecular formula is C22H36FIN4O2. The number of rotatable bonds is 7. The van der Waals surface area contributed by atoms with Crippen LogP contribution in [0.2, 0.25) is 0 Å². The SMILES string of the molecule is CN=C(NCCCOC1CCOCC1)NC1CCCN(c2cc(C)ccc2F)C1.I. The monoisotopic (exact) mass is 534 g/mol. The topological polar surface area (TPSA) is 58.1 Å². The van der Waals surface area contributed by atoms with Crippen molar-refractivity contribution >= 4 is 35.6 Å². The number of hydrogen-bond donors (Lipinski definition) is 2. The van der Waals surface area contributed by atoms with E-state index in [0.717, 1.165) is 83.1 Å². The molecule has 0 amide bonds. The van der Waals surface area contributed by atoms with Crippen LogP contribution in [-0.4, -0.2) is 64.6 Å². The summed E-state index contributed by atoms with van der Waals surface area (Å²) in [6.07, 6.45) is 5.35. The maximum atomic E-state index is 14.3. The zero-order chi connectivity index (χ0) is 20.5. The Bertz CT molecular complexity index is 671. The van der Waals surface area contributed by atoms with Gasteiger partial charge in [0.05, 0.1) is 11.8 Å². The summed E-state index contributed by atoms with van der Waals surface area (Å²) in [5, 5.41) is 6.87. The molecular weight excluding hydrogens is 498 g/mol. The summed E-state index contributed by atoms with van der Waals surface area (Å²) in [7, 11) is 1.79. The van der Waals surface area contributed by atoms with E-state index >= 15 is 0 Å². The predicted octanol–water partition coefficient (Wildman–Crippen LogP) is 3.47. The fourth-order valence-corrected chi connectivity index (χ4v) is 3.94. The van der Waals surface area contributed by atoms with Gasteiger partial charge in [0.25, 0.3) is 0 Å². The van der Waals surface area contributed by atoms with Gasteiger partial charge in [0.15, 0.2) is 5.96 Å². The predicted molar refractivity (Wildman–Crippen MR) is 131 cm³/mol. The van der Waals surface area contributed by atoms with Crippen molar-refractivity contribution in [1.82, 2.24) is 10.6 Å². The Balaban J connectivity index is 0.00000320. The average Bonchev–Trinajstić information content (AvgIpc) is 2.75. The second kappa shape index (κ2) is 13.3. The molecule has 1 aromatic rings. The smallest absolute Gasteiger partial charge is 0.191 e. The highest BCUT2D eigenvalue weighted by Crippen LogP contribution is 2.24. The van der Waals surface area contributed by atoms with Gasteiger partial charge in [-0.1, -0.05) is 6.07 Å². The molecule has 6 nitrogen and oxygen atoms in total. The molecule has 3 rings (SSSR count). The first-order valence-electron chi connectivity index (χ1n) is 10.8. The quantitative estimate of drug-likeness (QED) is 0.243. The molecule has 0 saturated carbocycles. The van der Waals surface area contributed by atoms with Crippen LogP contribution in [0.15, 0.2) is 23.2 Å². The first-order chi connectivity index (χ1) is 14.2. The van der Waals surface area contributed by atoms with Gasteiger partial charge in [-0.3, -0.25) is 4.99 Å². The third-order valence-corrected chi connectivity index (χ3v) is 5.56. The number of piperidine rings is 1. The van der Waals surface area contributed by atoms with Crippen molar-refractivity contribution in [3.05, 3.63) is 29.6 Å². The zero-order valence-electron chi connectivity index (χ0n) is 18.2. The van der Waals surface area contributed by atoms with Crippen LogP contribution in [0.3, 0.4) is 0 Å². The van der Waals surface area contributed by atoms with Crippen LogP contribution in [0.25, 0.3) is 0 Å². The van der Waals surface area contributed by atoms with E-state index in [1.807, 2.05) is 19.1 Å². The summed E-state index contributed by atoms with van der Waals surface area (Å²) in [5.41, 5.74) is 1.78. The highest BCUT2D eigenvalue weighted by Gasteiger charge is 2.23. The number of halogens is 2. The molecule has 2 saturated heterocycles. The largest absolute Gasteiger partial charge is 0.381 e. The standard InChI is InChI=1S/C22H35FN4O2.HI/c1-17-6-7-20(23)21(15-17)27-11-3-5-18(16-27)26-22(24-2)25-10-4-12-29-19-8-13-28-14-9-19;/h6-7,15,18-19H,3-5,8-14,16H2,1-2H3,(H2,24,25,26);1H. The maximum Gasteiger partial charge on any atom is 0.191 e. The Kier molecular flexibility index (Phi) is 11.2. The molecule has 2 aliphatic rings. The molecule has 1 aromatic carbocycles. The fraction of sp³-hybridized carbons (Fsp3) is 0.682. The van der Waals surface area contributed by atoms with Gasteiger partial charge in [-0.15, -0.1) is 24.0 Å². The van der Waals surface area contributed by atoms with Crippen LogP contribution in [-0.2, 0) is 9.47 Å². The third-order valence-electron chi connectivity index (χ3n) is 5.56. The molecule has 0 bridgehead atoms. The van der Waals surface area contributed by atoms with E-state index in [4.69, 9.17) is 9.47 Å². The van der Waals surface area contributed by atoms with E-state index in [9.17, 15) is 4.39 Å². The molecule has 2 N–H and O–H groups in total. The molecule has 0 radical (unpaired) electrons. The van der Waals surface area contributed by atoms with Gasteiger partial charge >= 0.3 is 0 Å². The third kappa shape index (κ3) is 7.85. The number of nitrogens with one attached hydrogen (secondary N) is 2. The number of ether oxygens (including phenoxy) is 2. The van der Waals surface area contributed by atoms with Gasteiger partial charge < -0.3 is 25.0 Å². The molecule has 0 aliphatic carbocycles. The van der Waals surface area contributed by atoms with Gasteiger partial charge in [-0.05, 0) is 56.7 Å². The molecule has 2 fully saturated rings. The first-order valence-corrected chi connectivity index (χ1v) is 10.8. The normalized spacial score (nSPS) is 20.6. The van der Waals surface area contributed by atoms with Crippen LogP contribution >= 0.6 is 24.0 Å². The summed E-state index contributed by atoms with van der Waals surface area (Å²) in [6, 6.07) is 5.55. The number of nitrogens with zero attached hydrogens (tertiary/aromatic N) is 2. The molecule has 2 aliphatic heterocycles. The van der Waals surface area contributed by atoms with Gasteiger partial charge in [-0.2, -0.15) is 0 Å². The Morgan fingerprint density at radius 3 is 2.87 bits per heavy atom. The van der Waals surface area contributed by atoms with Crippen molar-refractivity contribution in [2.24, 2.45) is 4.99 Å². The second-order valence-electron chi connectivity index (χ2n) is 7.92. The lowest BCUT2D eigenvalue weighted by atomic mass is 10.0. The molecule has 0 spiro atoms. The number of guanidine groups is 1. The van der Waals surface area contributed by atoms with Crippen molar-refractivity contribution in [3.8, 4) is 0 Å². The van der Waals surface area contributed by atoms with Gasteiger partial charge in [0, 0.05) is 52.5 Å². The summed E-state index contributed by atoms with van der Waals surface area (Å²) in [6.45, 7) is 6.83. The highest BCUT2D eigenvalue weighted by molar-refractivity contribution is 14.0. The second-order valence-corrected chi connectivity index (χ2v) is 7.92. The molecule has 0 aromatic heterocycles. The van der Waals surface area contributed by atoms with Crippen LogP contribution in [0, 0.1) is 12.7 Å². The zero-order valence-corrected chi connectivity index (χ0v) is 20.5. The van der Waals surface area contributed by atoms with Gasteiger partial charge in [0.2, 0.25) is 0 Å². The summed E-state index contributed by atoms with van der Waals surface area (Å²) >= 11 is 0. The van der Waals surface area contributed by atoms with E-state index in [2.05, 4.69) is 20.5 Å². The van der Waals surface area contributed by atoms with E-state index < -0.39 is 0 Å². The minimum atomic E-state index is -0.150. The Morgan fingerprint density at radius 1 is 1.30 bits per heavy atom.